The quantitative estimate of drug-likeness (QED) is 0.461. The Balaban J connectivity index is 2.21. The minimum atomic E-state index is -5.14. The number of aldehydes is 1. The lowest BCUT2D eigenvalue weighted by molar-refractivity contribution is -0.274. The molecule has 0 saturated heterocycles. The van der Waals surface area contributed by atoms with Crippen molar-refractivity contribution in [2.75, 3.05) is 5.75 Å². The van der Waals surface area contributed by atoms with Gasteiger partial charge in [-0.15, -0.1) is 13.2 Å². The molecule has 13 heteroatoms. The predicted molar refractivity (Wildman–Crippen MR) is 111 cm³/mol. The van der Waals surface area contributed by atoms with Crippen molar-refractivity contribution in [3.8, 4) is 5.75 Å². The zero-order valence-electron chi connectivity index (χ0n) is 16.1. The number of hydrogen-bond donors (Lipinski definition) is 0. The fraction of sp³-hybridized carbons (Fsp3) is 0.211. The Hall–Kier alpha value is -2.63. The second kappa shape index (κ2) is 8.72. The van der Waals surface area contributed by atoms with Crippen LogP contribution in [0, 0.1) is 0 Å². The molecule has 2 aromatic carbocycles. The van der Waals surface area contributed by atoms with Gasteiger partial charge < -0.3 is 4.74 Å². The number of alkyl halides is 3. The van der Waals surface area contributed by atoms with Gasteiger partial charge in [0.2, 0.25) is 0 Å². The van der Waals surface area contributed by atoms with Crippen molar-refractivity contribution in [1.29, 1.82) is 0 Å². The number of carbonyl (C=O) groups is 1. The van der Waals surface area contributed by atoms with E-state index in [0.717, 1.165) is 10.9 Å². The summed E-state index contributed by atoms with van der Waals surface area (Å²) < 4.78 is 67.8. The molecule has 0 radical (unpaired) electrons. The van der Waals surface area contributed by atoms with Crippen LogP contribution in [0.3, 0.4) is 0 Å². The third-order valence-corrected chi connectivity index (χ3v) is 6.93. The summed E-state index contributed by atoms with van der Waals surface area (Å²) >= 11 is 12.0. The first-order valence-electron chi connectivity index (χ1n) is 8.81. The van der Waals surface area contributed by atoms with Crippen LogP contribution in [0.2, 0.25) is 10.0 Å². The van der Waals surface area contributed by atoms with E-state index >= 15 is 0 Å². The van der Waals surface area contributed by atoms with Crippen LogP contribution in [0.1, 0.15) is 22.8 Å². The molecule has 0 atom stereocenters. The Kier molecular flexibility index (Phi) is 6.55. The van der Waals surface area contributed by atoms with E-state index in [0.29, 0.717) is 6.07 Å². The number of nitrogens with zero attached hydrogens (tertiary/aromatic N) is 2. The van der Waals surface area contributed by atoms with Gasteiger partial charge in [-0.1, -0.05) is 30.1 Å². The second-order valence-electron chi connectivity index (χ2n) is 6.50. The summed E-state index contributed by atoms with van der Waals surface area (Å²) in [5, 5.41) is -0.626. The maximum Gasteiger partial charge on any atom is 0.573 e. The molecule has 0 N–H and O–H groups in total. The summed E-state index contributed by atoms with van der Waals surface area (Å²) in [6.45, 7) is 1.16. The van der Waals surface area contributed by atoms with E-state index < -0.39 is 38.1 Å². The first kappa shape index (κ1) is 24.0. The van der Waals surface area contributed by atoms with Crippen molar-refractivity contribution in [2.45, 2.75) is 24.7 Å². The van der Waals surface area contributed by atoms with Gasteiger partial charge in [-0.3, -0.25) is 14.2 Å². The number of aromatic nitrogens is 2. The summed E-state index contributed by atoms with van der Waals surface area (Å²) in [5.74, 6) is -1.16. The van der Waals surface area contributed by atoms with Gasteiger partial charge in [0.05, 0.1) is 45.0 Å². The van der Waals surface area contributed by atoms with Gasteiger partial charge in [-0.2, -0.15) is 0 Å². The minimum absolute atomic E-state index is 0.0492. The molecular weight excluding hydrogens is 496 g/mol. The van der Waals surface area contributed by atoms with Crippen molar-refractivity contribution in [3.05, 3.63) is 62.1 Å². The number of carbonyl (C=O) groups excluding carboxylic acids is 1. The molecule has 0 spiro atoms. The van der Waals surface area contributed by atoms with Gasteiger partial charge in [-0.05, 0) is 29.8 Å². The molecule has 0 aliphatic carbocycles. The van der Waals surface area contributed by atoms with Crippen LogP contribution < -0.4 is 10.3 Å². The summed E-state index contributed by atoms with van der Waals surface area (Å²) in [6, 6.07) is 4.77. The average Bonchev–Trinajstić information content (AvgIpc) is 2.69. The SMILES string of the molecule is CCS(=O)(=O)c1ccc(Cl)cc1Cn1cnc2c(Cl)c(C=O)c(OC(F)(F)F)cc2c1=O. The lowest BCUT2D eigenvalue weighted by Crippen LogP contribution is -2.23. The molecule has 1 heterocycles. The van der Waals surface area contributed by atoms with E-state index in [1.165, 1.54) is 25.1 Å². The lowest BCUT2D eigenvalue weighted by atomic mass is 10.1. The van der Waals surface area contributed by atoms with Gasteiger partial charge in [0.25, 0.3) is 5.56 Å². The van der Waals surface area contributed by atoms with Crippen molar-refractivity contribution in [3.63, 3.8) is 0 Å². The molecule has 32 heavy (non-hydrogen) atoms. The maximum atomic E-state index is 13.0. The molecule has 1 aromatic heterocycles. The summed E-state index contributed by atoms with van der Waals surface area (Å²) in [7, 11) is -3.66. The Labute approximate surface area is 189 Å². The van der Waals surface area contributed by atoms with Crippen LogP contribution in [0.5, 0.6) is 5.75 Å². The van der Waals surface area contributed by atoms with Crippen LogP contribution in [0.4, 0.5) is 13.2 Å². The maximum absolute atomic E-state index is 13.0. The van der Waals surface area contributed by atoms with Crippen LogP contribution in [0.25, 0.3) is 10.9 Å². The zero-order valence-corrected chi connectivity index (χ0v) is 18.4. The van der Waals surface area contributed by atoms with E-state index in [9.17, 15) is 31.2 Å². The molecule has 0 unspecified atom stereocenters. The van der Waals surface area contributed by atoms with Gasteiger partial charge in [0, 0.05) is 5.02 Å². The predicted octanol–water partition coefficient (Wildman–Crippen LogP) is 4.26. The van der Waals surface area contributed by atoms with Gasteiger partial charge >= 0.3 is 6.36 Å². The first-order chi connectivity index (χ1) is 14.9. The highest BCUT2D eigenvalue weighted by Gasteiger charge is 2.33. The largest absolute Gasteiger partial charge is 0.573 e. The molecule has 0 amide bonds. The van der Waals surface area contributed by atoms with Crippen molar-refractivity contribution in [1.82, 2.24) is 9.55 Å². The lowest BCUT2D eigenvalue weighted by Gasteiger charge is -2.15. The van der Waals surface area contributed by atoms with Crippen LogP contribution in [-0.4, -0.2) is 36.4 Å². The fourth-order valence-corrected chi connectivity index (χ4v) is 4.59. The number of sulfone groups is 1. The average molecular weight is 509 g/mol. The molecule has 0 bridgehead atoms. The highest BCUT2D eigenvalue weighted by atomic mass is 35.5. The van der Waals surface area contributed by atoms with Crippen molar-refractivity contribution < 1.29 is 31.1 Å². The minimum Gasteiger partial charge on any atom is -0.405 e. The molecular formula is C19H13Cl2F3N2O5S. The summed E-state index contributed by atoms with van der Waals surface area (Å²) in [6.07, 6.45) is -4.04. The van der Waals surface area contributed by atoms with E-state index in [-0.39, 0.29) is 45.0 Å². The third kappa shape index (κ3) is 4.74. The van der Waals surface area contributed by atoms with E-state index in [4.69, 9.17) is 23.2 Å². The molecule has 0 aliphatic heterocycles. The van der Waals surface area contributed by atoms with Gasteiger partial charge in [0.15, 0.2) is 16.1 Å². The number of halogens is 5. The van der Waals surface area contributed by atoms with E-state index in [2.05, 4.69) is 9.72 Å². The smallest absolute Gasteiger partial charge is 0.405 e. The molecule has 7 nitrogen and oxygen atoms in total. The standard InChI is InChI=1S/C19H13Cl2F3N2O5S/c1-2-32(29,30)15-4-3-11(20)5-10(15)7-26-9-25-17-12(18(26)28)6-14(31-19(22,23)24)13(8-27)16(17)21/h3-6,8-9H,2,7H2,1H3. The normalized spacial score (nSPS) is 12.2. The Bertz CT molecular complexity index is 1390. The highest BCUT2D eigenvalue weighted by molar-refractivity contribution is 7.91. The summed E-state index contributed by atoms with van der Waals surface area (Å²) in [4.78, 5) is 28.1. The van der Waals surface area contributed by atoms with Crippen molar-refractivity contribution in [2.24, 2.45) is 0 Å². The Morgan fingerprint density at radius 2 is 1.91 bits per heavy atom. The number of ether oxygens (including phenoxy) is 1. The fourth-order valence-electron chi connectivity index (χ4n) is 3.00. The number of benzene rings is 2. The van der Waals surface area contributed by atoms with E-state index in [1.807, 2.05) is 0 Å². The summed E-state index contributed by atoms with van der Waals surface area (Å²) in [5.41, 5.74) is -1.48. The molecule has 0 saturated carbocycles. The molecule has 3 rings (SSSR count). The number of fused-ring (bicyclic) bond motifs is 1. The van der Waals surface area contributed by atoms with Crippen LogP contribution >= 0.6 is 23.2 Å². The molecule has 3 aromatic rings. The highest BCUT2D eigenvalue weighted by Crippen LogP contribution is 2.34. The van der Waals surface area contributed by atoms with E-state index in [1.54, 1.807) is 0 Å². The zero-order chi connectivity index (χ0) is 23.8. The molecule has 0 fully saturated rings. The van der Waals surface area contributed by atoms with Gasteiger partial charge in [-0.25, -0.2) is 13.4 Å². The first-order valence-corrected chi connectivity index (χ1v) is 11.2. The molecule has 0 aliphatic rings. The second-order valence-corrected chi connectivity index (χ2v) is 9.56. The van der Waals surface area contributed by atoms with Crippen LogP contribution in [-0.2, 0) is 16.4 Å². The third-order valence-electron chi connectivity index (χ3n) is 4.48. The Morgan fingerprint density at radius 3 is 2.50 bits per heavy atom. The number of hydrogen-bond acceptors (Lipinski definition) is 6. The van der Waals surface area contributed by atoms with Gasteiger partial charge in [0.1, 0.15) is 5.75 Å². The van der Waals surface area contributed by atoms with Crippen molar-refractivity contribution >= 4 is 50.2 Å². The van der Waals surface area contributed by atoms with Crippen LogP contribution in [0.15, 0.2) is 40.3 Å². The molecule has 170 valence electrons. The monoisotopic (exact) mass is 508 g/mol. The number of rotatable bonds is 6. The topological polar surface area (TPSA) is 95.3 Å². The Morgan fingerprint density at radius 1 is 1.22 bits per heavy atom.